The van der Waals surface area contributed by atoms with E-state index in [2.05, 4.69) is 175 Å². The van der Waals surface area contributed by atoms with Crippen molar-refractivity contribution >= 4 is 82.1 Å². The smallest absolute Gasteiger partial charge is 0.143 e. The van der Waals surface area contributed by atoms with Crippen LogP contribution in [0.15, 0.2) is 180 Å². The van der Waals surface area contributed by atoms with E-state index in [1.54, 1.807) is 0 Å². The lowest BCUT2D eigenvalue weighted by Crippen LogP contribution is -2.10. The van der Waals surface area contributed by atoms with E-state index in [9.17, 15) is 0 Å². The van der Waals surface area contributed by atoms with Crippen molar-refractivity contribution in [2.24, 2.45) is 0 Å². The summed E-state index contributed by atoms with van der Waals surface area (Å²) < 4.78 is 6.49. The third kappa shape index (κ3) is 4.13. The van der Waals surface area contributed by atoms with Gasteiger partial charge in [0.1, 0.15) is 11.2 Å². The second-order valence-electron chi connectivity index (χ2n) is 12.5. The van der Waals surface area contributed by atoms with Gasteiger partial charge < -0.3 is 9.32 Å². The minimum Gasteiger partial charge on any atom is -0.455 e. The van der Waals surface area contributed by atoms with Crippen LogP contribution in [-0.2, 0) is 0 Å². The SMILES string of the molecule is c1ccc2c(-c3ccc(N(c4ccc5c(ccc6ccccc65)c4)c4cc5c6ccccc6oc5c5ccccc45)cc3)cccc2c1. The van der Waals surface area contributed by atoms with Gasteiger partial charge in [-0.3, -0.25) is 0 Å². The minimum absolute atomic E-state index is 0.901. The molecule has 2 nitrogen and oxygen atoms in total. The molecular formula is C46H29NO. The monoisotopic (exact) mass is 611 g/mol. The Morgan fingerprint density at radius 3 is 1.79 bits per heavy atom. The lowest BCUT2D eigenvalue weighted by Gasteiger charge is -2.28. The number of anilines is 3. The second kappa shape index (κ2) is 10.6. The largest absolute Gasteiger partial charge is 0.455 e. The molecule has 0 saturated carbocycles. The molecule has 10 rings (SSSR count). The summed E-state index contributed by atoms with van der Waals surface area (Å²) >= 11 is 0. The van der Waals surface area contributed by atoms with Crippen LogP contribution in [0.25, 0.3) is 76.2 Å². The van der Waals surface area contributed by atoms with Gasteiger partial charge in [-0.25, -0.2) is 0 Å². The highest BCUT2D eigenvalue weighted by Crippen LogP contribution is 2.45. The molecule has 0 aliphatic carbocycles. The standard InChI is InChI=1S/C46H29NO/c1-3-13-36-30(10-1)12-9-18-38(36)32-22-24-34(25-23-32)47(35-26-27-39-33(28-35)21-20-31-11-2-4-14-37(31)39)44-29-43-41-16-7-8-19-45(41)48-46(43)42-17-6-5-15-40(42)44/h1-29H. The number of benzene rings is 9. The molecule has 9 aromatic carbocycles. The first-order valence-corrected chi connectivity index (χ1v) is 16.4. The minimum atomic E-state index is 0.901. The maximum Gasteiger partial charge on any atom is 0.143 e. The van der Waals surface area contributed by atoms with Gasteiger partial charge in [-0.05, 0) is 79.8 Å². The Hall–Kier alpha value is -6.38. The molecule has 0 N–H and O–H groups in total. The lowest BCUT2D eigenvalue weighted by atomic mass is 9.97. The van der Waals surface area contributed by atoms with Gasteiger partial charge in [-0.1, -0.05) is 140 Å². The molecule has 0 radical (unpaired) electrons. The summed E-state index contributed by atoms with van der Waals surface area (Å²) in [5.74, 6) is 0. The zero-order valence-corrected chi connectivity index (χ0v) is 26.1. The summed E-state index contributed by atoms with van der Waals surface area (Å²) in [4.78, 5) is 2.41. The summed E-state index contributed by atoms with van der Waals surface area (Å²) in [6.07, 6.45) is 0. The van der Waals surface area contributed by atoms with Crippen molar-refractivity contribution in [3.8, 4) is 11.1 Å². The molecule has 0 unspecified atom stereocenters. The van der Waals surface area contributed by atoms with Crippen LogP contribution in [0.3, 0.4) is 0 Å². The Morgan fingerprint density at radius 2 is 0.958 bits per heavy atom. The van der Waals surface area contributed by atoms with Crippen molar-refractivity contribution in [1.29, 1.82) is 0 Å². The van der Waals surface area contributed by atoms with Crippen LogP contribution in [0.4, 0.5) is 17.1 Å². The van der Waals surface area contributed by atoms with E-state index in [4.69, 9.17) is 4.42 Å². The van der Waals surface area contributed by atoms with E-state index < -0.39 is 0 Å². The van der Waals surface area contributed by atoms with Crippen LogP contribution < -0.4 is 4.90 Å². The van der Waals surface area contributed by atoms with Crippen molar-refractivity contribution in [2.75, 3.05) is 4.90 Å². The fourth-order valence-electron chi connectivity index (χ4n) is 7.55. The van der Waals surface area contributed by atoms with Gasteiger partial charge in [0.25, 0.3) is 0 Å². The maximum absolute atomic E-state index is 6.49. The first-order chi connectivity index (χ1) is 23.8. The van der Waals surface area contributed by atoms with Gasteiger partial charge in [-0.15, -0.1) is 0 Å². The van der Waals surface area contributed by atoms with Crippen LogP contribution in [0.5, 0.6) is 0 Å². The molecule has 2 heteroatoms. The van der Waals surface area contributed by atoms with Crippen LogP contribution >= 0.6 is 0 Å². The van der Waals surface area contributed by atoms with E-state index in [0.717, 1.165) is 49.8 Å². The molecule has 0 fully saturated rings. The van der Waals surface area contributed by atoms with Gasteiger partial charge in [0, 0.05) is 32.9 Å². The zero-order chi connectivity index (χ0) is 31.6. The molecule has 0 aliphatic rings. The Bertz CT molecular complexity index is 2840. The van der Waals surface area contributed by atoms with E-state index in [-0.39, 0.29) is 0 Å². The van der Waals surface area contributed by atoms with Gasteiger partial charge in [0.2, 0.25) is 0 Å². The molecule has 0 atom stereocenters. The van der Waals surface area contributed by atoms with Crippen molar-refractivity contribution in [1.82, 2.24) is 0 Å². The van der Waals surface area contributed by atoms with Crippen molar-refractivity contribution in [3.63, 3.8) is 0 Å². The number of nitrogens with zero attached hydrogens (tertiary/aromatic N) is 1. The molecule has 0 amide bonds. The Morgan fingerprint density at radius 1 is 0.354 bits per heavy atom. The van der Waals surface area contributed by atoms with Crippen LogP contribution in [0.2, 0.25) is 0 Å². The highest BCUT2D eigenvalue weighted by molar-refractivity contribution is 6.20. The molecule has 10 aromatic rings. The van der Waals surface area contributed by atoms with E-state index in [1.807, 2.05) is 6.07 Å². The fourth-order valence-corrected chi connectivity index (χ4v) is 7.55. The third-order valence-electron chi connectivity index (χ3n) is 9.82. The molecule has 1 aromatic heterocycles. The quantitative estimate of drug-likeness (QED) is 0.184. The molecular weight excluding hydrogens is 583 g/mol. The first-order valence-electron chi connectivity index (χ1n) is 16.4. The van der Waals surface area contributed by atoms with Gasteiger partial charge in [0.15, 0.2) is 0 Å². The molecule has 224 valence electrons. The number of furan rings is 1. The average Bonchev–Trinajstić information content (AvgIpc) is 3.54. The number of para-hydroxylation sites is 1. The number of rotatable bonds is 4. The lowest BCUT2D eigenvalue weighted by molar-refractivity contribution is 0.672. The van der Waals surface area contributed by atoms with Gasteiger partial charge in [-0.2, -0.15) is 0 Å². The van der Waals surface area contributed by atoms with E-state index in [0.29, 0.717) is 0 Å². The highest BCUT2D eigenvalue weighted by Gasteiger charge is 2.21. The normalized spacial score (nSPS) is 11.8. The summed E-state index contributed by atoms with van der Waals surface area (Å²) in [5, 5.41) is 12.0. The van der Waals surface area contributed by atoms with Crippen LogP contribution in [0.1, 0.15) is 0 Å². The predicted octanol–water partition coefficient (Wildman–Crippen LogP) is 13.3. The van der Waals surface area contributed by atoms with Crippen LogP contribution in [0, 0.1) is 0 Å². The molecule has 0 saturated heterocycles. The molecule has 0 aliphatic heterocycles. The van der Waals surface area contributed by atoms with Crippen molar-refractivity contribution in [3.05, 3.63) is 176 Å². The van der Waals surface area contributed by atoms with Crippen LogP contribution in [-0.4, -0.2) is 0 Å². The zero-order valence-electron chi connectivity index (χ0n) is 26.1. The summed E-state index contributed by atoms with van der Waals surface area (Å²) in [5.41, 5.74) is 7.57. The highest BCUT2D eigenvalue weighted by atomic mass is 16.3. The summed E-state index contributed by atoms with van der Waals surface area (Å²) in [6, 6.07) is 63.4. The van der Waals surface area contributed by atoms with E-state index in [1.165, 1.54) is 43.4 Å². The Kier molecular flexibility index (Phi) is 5.91. The number of hydrogen-bond donors (Lipinski definition) is 0. The molecule has 0 bridgehead atoms. The van der Waals surface area contributed by atoms with Gasteiger partial charge >= 0.3 is 0 Å². The third-order valence-corrected chi connectivity index (χ3v) is 9.82. The topological polar surface area (TPSA) is 16.4 Å². The first kappa shape index (κ1) is 26.8. The van der Waals surface area contributed by atoms with E-state index >= 15 is 0 Å². The number of fused-ring (bicyclic) bond motifs is 9. The molecule has 1 heterocycles. The van der Waals surface area contributed by atoms with Crippen molar-refractivity contribution in [2.45, 2.75) is 0 Å². The maximum atomic E-state index is 6.49. The van der Waals surface area contributed by atoms with Gasteiger partial charge in [0.05, 0.1) is 5.69 Å². The summed E-state index contributed by atoms with van der Waals surface area (Å²) in [7, 11) is 0. The molecule has 48 heavy (non-hydrogen) atoms. The fraction of sp³-hybridized carbons (Fsp3) is 0. The summed E-state index contributed by atoms with van der Waals surface area (Å²) in [6.45, 7) is 0. The Labute approximate surface area is 277 Å². The average molecular weight is 612 g/mol. The van der Waals surface area contributed by atoms with Crippen molar-refractivity contribution < 1.29 is 4.42 Å². The number of hydrogen-bond acceptors (Lipinski definition) is 2. The second-order valence-corrected chi connectivity index (χ2v) is 12.5. The molecule has 0 spiro atoms. The Balaban J connectivity index is 1.23. The predicted molar refractivity (Wildman–Crippen MR) is 204 cm³/mol.